The zero-order valence-corrected chi connectivity index (χ0v) is 14.0. The molecule has 0 unspecified atom stereocenters. The summed E-state index contributed by atoms with van der Waals surface area (Å²) in [5.41, 5.74) is 7.74. The molecule has 106 valence electrons. The van der Waals surface area contributed by atoms with Crippen LogP contribution in [0, 0.1) is 5.41 Å². The van der Waals surface area contributed by atoms with Crippen LogP contribution in [-0.4, -0.2) is 25.2 Å². The summed E-state index contributed by atoms with van der Waals surface area (Å²) in [5, 5.41) is 3.43. The Morgan fingerprint density at radius 1 is 1.47 bits per heavy atom. The Hall–Kier alpha value is -0.650. The Kier molecular flexibility index (Phi) is 6.23. The van der Waals surface area contributed by atoms with Crippen molar-refractivity contribution in [2.75, 3.05) is 25.6 Å². The van der Waals surface area contributed by atoms with Gasteiger partial charge in [0, 0.05) is 36.0 Å². The molecular formula is C14H21BrN2OS. The molecular weight excluding hydrogens is 324 g/mol. The van der Waals surface area contributed by atoms with E-state index in [0.717, 1.165) is 35.3 Å². The molecule has 19 heavy (non-hydrogen) atoms. The third-order valence-electron chi connectivity index (χ3n) is 2.99. The Balaban J connectivity index is 2.75. The van der Waals surface area contributed by atoms with Crippen molar-refractivity contribution < 1.29 is 4.74 Å². The lowest BCUT2D eigenvalue weighted by molar-refractivity contribution is 0.157. The molecule has 0 radical (unpaired) electrons. The molecule has 0 aliphatic rings. The molecule has 1 aromatic rings. The first-order valence-electron chi connectivity index (χ1n) is 6.18. The van der Waals surface area contributed by atoms with Crippen LogP contribution in [0.3, 0.4) is 0 Å². The van der Waals surface area contributed by atoms with Gasteiger partial charge in [0.15, 0.2) is 0 Å². The van der Waals surface area contributed by atoms with Crippen molar-refractivity contribution >= 4 is 38.8 Å². The minimum Gasteiger partial charge on any atom is -0.389 e. The highest BCUT2D eigenvalue weighted by molar-refractivity contribution is 9.10. The molecule has 0 saturated carbocycles. The number of ether oxygens (including phenoxy) is 1. The molecule has 0 bridgehead atoms. The average Bonchev–Trinajstić information content (AvgIpc) is 2.35. The third-order valence-corrected chi connectivity index (χ3v) is 3.70. The molecule has 0 aliphatic heterocycles. The van der Waals surface area contributed by atoms with Crippen molar-refractivity contribution in [1.82, 2.24) is 0 Å². The summed E-state index contributed by atoms with van der Waals surface area (Å²) in [7, 11) is 1.73. The monoisotopic (exact) mass is 344 g/mol. The highest BCUT2D eigenvalue weighted by Gasteiger charge is 2.18. The van der Waals surface area contributed by atoms with Gasteiger partial charge in [-0.1, -0.05) is 42.0 Å². The largest absolute Gasteiger partial charge is 0.389 e. The first-order chi connectivity index (χ1) is 8.85. The number of halogens is 1. The van der Waals surface area contributed by atoms with E-state index >= 15 is 0 Å². The second kappa shape index (κ2) is 7.22. The summed E-state index contributed by atoms with van der Waals surface area (Å²) >= 11 is 8.51. The highest BCUT2D eigenvalue weighted by atomic mass is 79.9. The van der Waals surface area contributed by atoms with Gasteiger partial charge in [0.25, 0.3) is 0 Å². The highest BCUT2D eigenvalue weighted by Crippen LogP contribution is 2.25. The number of rotatable bonds is 7. The van der Waals surface area contributed by atoms with E-state index in [2.05, 4.69) is 35.1 Å². The number of benzene rings is 1. The SMILES string of the molecule is COCCC(C)(C)CNc1ccc(Br)cc1C(N)=S. The first-order valence-corrected chi connectivity index (χ1v) is 7.38. The van der Waals surface area contributed by atoms with E-state index in [1.165, 1.54) is 0 Å². The zero-order chi connectivity index (χ0) is 14.5. The molecule has 0 amide bonds. The van der Waals surface area contributed by atoms with Gasteiger partial charge in [-0.15, -0.1) is 0 Å². The summed E-state index contributed by atoms with van der Waals surface area (Å²) in [6.07, 6.45) is 0.995. The molecule has 0 aliphatic carbocycles. The van der Waals surface area contributed by atoms with Crippen LogP contribution in [0.1, 0.15) is 25.8 Å². The molecule has 0 heterocycles. The number of nitrogens with two attached hydrogens (primary N) is 1. The van der Waals surface area contributed by atoms with Crippen molar-refractivity contribution in [3.05, 3.63) is 28.2 Å². The van der Waals surface area contributed by atoms with Gasteiger partial charge in [-0.2, -0.15) is 0 Å². The molecule has 0 aromatic heterocycles. The number of anilines is 1. The van der Waals surface area contributed by atoms with E-state index in [4.69, 9.17) is 22.7 Å². The van der Waals surface area contributed by atoms with Crippen molar-refractivity contribution in [1.29, 1.82) is 0 Å². The van der Waals surface area contributed by atoms with Crippen LogP contribution < -0.4 is 11.1 Å². The molecule has 1 rings (SSSR count). The second-order valence-corrected chi connectivity index (χ2v) is 6.67. The minimum absolute atomic E-state index is 0.149. The number of hydrogen-bond acceptors (Lipinski definition) is 3. The Labute approximate surface area is 129 Å². The lowest BCUT2D eigenvalue weighted by Gasteiger charge is -2.26. The van der Waals surface area contributed by atoms with Gasteiger partial charge >= 0.3 is 0 Å². The maximum absolute atomic E-state index is 5.75. The molecule has 0 saturated heterocycles. The molecule has 1 aromatic carbocycles. The van der Waals surface area contributed by atoms with Crippen molar-refractivity contribution in [2.24, 2.45) is 11.1 Å². The van der Waals surface area contributed by atoms with Gasteiger partial charge in [-0.25, -0.2) is 0 Å². The van der Waals surface area contributed by atoms with Gasteiger partial charge in [-0.3, -0.25) is 0 Å². The molecule has 0 spiro atoms. The fourth-order valence-electron chi connectivity index (χ4n) is 1.68. The van der Waals surface area contributed by atoms with Crippen LogP contribution in [0.25, 0.3) is 0 Å². The summed E-state index contributed by atoms with van der Waals surface area (Å²) in [6.45, 7) is 6.02. The maximum Gasteiger partial charge on any atom is 0.106 e. The average molecular weight is 345 g/mol. The normalized spacial score (nSPS) is 11.4. The van der Waals surface area contributed by atoms with E-state index < -0.39 is 0 Å². The van der Waals surface area contributed by atoms with E-state index in [1.807, 2.05) is 18.2 Å². The van der Waals surface area contributed by atoms with Gasteiger partial charge in [-0.05, 0) is 30.0 Å². The van der Waals surface area contributed by atoms with Crippen molar-refractivity contribution in [3.63, 3.8) is 0 Å². The number of thiocarbonyl (C=S) groups is 1. The summed E-state index contributed by atoms with van der Waals surface area (Å²) in [5.74, 6) is 0. The van der Waals surface area contributed by atoms with Gasteiger partial charge in [0.05, 0.1) is 0 Å². The van der Waals surface area contributed by atoms with Gasteiger partial charge < -0.3 is 15.8 Å². The fourth-order valence-corrected chi connectivity index (χ4v) is 2.21. The summed E-state index contributed by atoms with van der Waals surface area (Å²) < 4.78 is 6.10. The molecule has 5 heteroatoms. The number of hydrogen-bond donors (Lipinski definition) is 2. The summed E-state index contributed by atoms with van der Waals surface area (Å²) in [4.78, 5) is 0.401. The Morgan fingerprint density at radius 2 is 2.16 bits per heavy atom. The quantitative estimate of drug-likeness (QED) is 0.742. The zero-order valence-electron chi connectivity index (χ0n) is 11.6. The standard InChI is InChI=1S/C14H21BrN2OS/c1-14(2,6-7-18-3)9-17-12-5-4-10(15)8-11(12)13(16)19/h4-5,8,17H,6-7,9H2,1-3H3,(H2,16,19). The Morgan fingerprint density at radius 3 is 2.74 bits per heavy atom. The van der Waals surface area contributed by atoms with Crippen molar-refractivity contribution in [2.45, 2.75) is 20.3 Å². The smallest absolute Gasteiger partial charge is 0.106 e. The topological polar surface area (TPSA) is 47.3 Å². The van der Waals surface area contributed by atoms with Crippen LogP contribution in [-0.2, 0) is 4.74 Å². The lowest BCUT2D eigenvalue weighted by Crippen LogP contribution is -2.25. The molecule has 0 atom stereocenters. The van der Waals surface area contributed by atoms with Crippen molar-refractivity contribution in [3.8, 4) is 0 Å². The predicted octanol–water partition coefficient (Wildman–Crippen LogP) is 3.56. The van der Waals surface area contributed by atoms with E-state index in [-0.39, 0.29) is 5.41 Å². The predicted molar refractivity (Wildman–Crippen MR) is 88.8 cm³/mol. The van der Waals surface area contributed by atoms with Crippen LogP contribution in [0.4, 0.5) is 5.69 Å². The van der Waals surface area contributed by atoms with E-state index in [1.54, 1.807) is 7.11 Å². The third kappa shape index (κ3) is 5.47. The van der Waals surface area contributed by atoms with Crippen LogP contribution >= 0.6 is 28.1 Å². The maximum atomic E-state index is 5.75. The van der Waals surface area contributed by atoms with E-state index in [0.29, 0.717) is 4.99 Å². The molecule has 3 N–H and O–H groups in total. The molecule has 3 nitrogen and oxygen atoms in total. The number of nitrogens with one attached hydrogen (secondary N) is 1. The Bertz CT molecular complexity index is 449. The summed E-state index contributed by atoms with van der Waals surface area (Å²) in [6, 6.07) is 5.91. The second-order valence-electron chi connectivity index (χ2n) is 5.31. The number of methoxy groups -OCH3 is 1. The first kappa shape index (κ1) is 16.4. The van der Waals surface area contributed by atoms with Gasteiger partial charge in [0.2, 0.25) is 0 Å². The van der Waals surface area contributed by atoms with Gasteiger partial charge in [0.1, 0.15) is 4.99 Å². The van der Waals surface area contributed by atoms with Crippen LogP contribution in [0.15, 0.2) is 22.7 Å². The van der Waals surface area contributed by atoms with Crippen LogP contribution in [0.5, 0.6) is 0 Å². The van der Waals surface area contributed by atoms with E-state index in [9.17, 15) is 0 Å². The minimum atomic E-state index is 0.149. The fraction of sp³-hybridized carbons (Fsp3) is 0.500. The lowest BCUT2D eigenvalue weighted by atomic mass is 9.89. The van der Waals surface area contributed by atoms with Crippen LogP contribution in [0.2, 0.25) is 0 Å². The molecule has 0 fully saturated rings.